The molecule has 1 aliphatic heterocycles. The van der Waals surface area contributed by atoms with Crippen LogP contribution >= 0.6 is 0 Å². The smallest absolute Gasteiger partial charge is 0.167 e. The minimum atomic E-state index is -1.18. The molecule has 0 spiro atoms. The summed E-state index contributed by atoms with van der Waals surface area (Å²) in [5, 5.41) is 20.8. The molecule has 2 aromatic heterocycles. The second-order valence-electron chi connectivity index (χ2n) is 6.85. The van der Waals surface area contributed by atoms with E-state index in [9.17, 15) is 14.4 Å². The number of hydrogen-bond acceptors (Lipinski definition) is 8. The minimum absolute atomic E-state index is 0.187. The topological polar surface area (TPSA) is 136 Å². The summed E-state index contributed by atoms with van der Waals surface area (Å²) in [5.74, 6) is 0.994. The van der Waals surface area contributed by atoms with Crippen molar-refractivity contribution in [1.82, 2.24) is 19.5 Å². The summed E-state index contributed by atoms with van der Waals surface area (Å²) < 4.78 is 19.7. The number of aromatic nitrogens is 4. The van der Waals surface area contributed by atoms with E-state index in [4.69, 9.17) is 10.5 Å². The predicted octanol–water partition coefficient (Wildman–Crippen LogP) is 0.747. The number of nitrogens with two attached hydrogens (primary N) is 1. The molecule has 1 aliphatic rings. The van der Waals surface area contributed by atoms with Gasteiger partial charge in [0, 0.05) is 16.6 Å². The highest BCUT2D eigenvalue weighted by molar-refractivity contribution is 7.85. The van der Waals surface area contributed by atoms with Crippen molar-refractivity contribution >= 4 is 27.8 Å². The zero-order chi connectivity index (χ0) is 19.4. The van der Waals surface area contributed by atoms with Gasteiger partial charge in [-0.1, -0.05) is 32.6 Å². The van der Waals surface area contributed by atoms with Crippen LogP contribution in [0, 0.1) is 0 Å². The van der Waals surface area contributed by atoms with E-state index in [-0.39, 0.29) is 11.6 Å². The molecule has 0 amide bonds. The Kier molecular flexibility index (Phi) is 6.74. The molecule has 0 saturated carbocycles. The third-order valence-electron chi connectivity index (χ3n) is 4.82. The molecular formula is C17H27N5O4S. The average Bonchev–Trinajstić information content (AvgIpc) is 3.19. The molecule has 0 aliphatic carbocycles. The number of imidazole rings is 1. The van der Waals surface area contributed by atoms with E-state index in [0.717, 1.165) is 19.3 Å². The zero-order valence-electron chi connectivity index (χ0n) is 15.4. The summed E-state index contributed by atoms with van der Waals surface area (Å²) in [6, 6.07) is 0. The van der Waals surface area contributed by atoms with Gasteiger partial charge in [0.2, 0.25) is 0 Å². The van der Waals surface area contributed by atoms with Gasteiger partial charge in [-0.3, -0.25) is 8.78 Å². The lowest BCUT2D eigenvalue weighted by Gasteiger charge is -2.16. The Bertz CT molecular complexity index is 786. The van der Waals surface area contributed by atoms with Gasteiger partial charge in [0.1, 0.15) is 30.2 Å². The van der Waals surface area contributed by atoms with Crippen LogP contribution in [0.25, 0.3) is 11.2 Å². The molecule has 10 heteroatoms. The maximum Gasteiger partial charge on any atom is 0.167 e. The van der Waals surface area contributed by atoms with Crippen LogP contribution < -0.4 is 5.73 Å². The number of ether oxygens (including phenoxy) is 1. The van der Waals surface area contributed by atoms with Crippen molar-refractivity contribution in [3.05, 3.63) is 12.7 Å². The van der Waals surface area contributed by atoms with E-state index < -0.39 is 35.3 Å². The summed E-state index contributed by atoms with van der Waals surface area (Å²) in [6.45, 7) is 2.16. The molecule has 3 heterocycles. The Hall–Kier alpha value is -1.62. The number of hydrogen-bond donors (Lipinski definition) is 3. The molecule has 150 valence electrons. The van der Waals surface area contributed by atoms with Crippen LogP contribution in [-0.2, 0) is 15.5 Å². The van der Waals surface area contributed by atoms with Gasteiger partial charge in [-0.15, -0.1) is 0 Å². The van der Waals surface area contributed by atoms with Crippen molar-refractivity contribution in [2.45, 2.75) is 63.6 Å². The first-order chi connectivity index (χ1) is 13.0. The molecule has 1 unspecified atom stereocenters. The van der Waals surface area contributed by atoms with Gasteiger partial charge in [-0.25, -0.2) is 15.0 Å². The SMILES string of the molecule is CCCCCCCS(=O)C[C@H]1O[C@@H](n2cnc3c(N)ncnc32)[C@H](O)[C@@H]1O. The lowest BCUT2D eigenvalue weighted by atomic mass is 10.1. The van der Waals surface area contributed by atoms with Crippen molar-refractivity contribution in [3.63, 3.8) is 0 Å². The molecule has 3 rings (SSSR count). The number of anilines is 1. The number of nitrogen functional groups attached to an aromatic ring is 1. The summed E-state index contributed by atoms with van der Waals surface area (Å²) in [6.07, 6.45) is 4.33. The quantitative estimate of drug-likeness (QED) is 0.527. The summed E-state index contributed by atoms with van der Waals surface area (Å²) in [4.78, 5) is 12.2. The van der Waals surface area contributed by atoms with Gasteiger partial charge in [-0.2, -0.15) is 0 Å². The third-order valence-corrected chi connectivity index (χ3v) is 6.27. The first kappa shape index (κ1) is 20.1. The zero-order valence-corrected chi connectivity index (χ0v) is 16.2. The average molecular weight is 398 g/mol. The molecule has 27 heavy (non-hydrogen) atoms. The van der Waals surface area contributed by atoms with Crippen LogP contribution in [0.2, 0.25) is 0 Å². The summed E-state index contributed by atoms with van der Waals surface area (Å²) >= 11 is 0. The normalized spacial score (nSPS) is 26.6. The van der Waals surface area contributed by atoms with Gasteiger partial charge in [0.05, 0.1) is 12.1 Å². The molecule has 5 atom stereocenters. The maximum atomic E-state index is 12.3. The van der Waals surface area contributed by atoms with Crippen LogP contribution in [0.3, 0.4) is 0 Å². The number of aliphatic hydroxyl groups is 2. The van der Waals surface area contributed by atoms with E-state index in [2.05, 4.69) is 21.9 Å². The molecule has 4 N–H and O–H groups in total. The Morgan fingerprint density at radius 3 is 2.74 bits per heavy atom. The predicted molar refractivity (Wildman–Crippen MR) is 102 cm³/mol. The van der Waals surface area contributed by atoms with Gasteiger partial charge in [0.25, 0.3) is 0 Å². The van der Waals surface area contributed by atoms with Crippen molar-refractivity contribution in [2.24, 2.45) is 0 Å². The van der Waals surface area contributed by atoms with Crippen LogP contribution in [0.5, 0.6) is 0 Å². The van der Waals surface area contributed by atoms with Crippen LogP contribution in [0.4, 0.5) is 5.82 Å². The number of rotatable bonds is 9. The second-order valence-corrected chi connectivity index (χ2v) is 8.48. The van der Waals surface area contributed by atoms with E-state index in [0.29, 0.717) is 16.9 Å². The van der Waals surface area contributed by atoms with Crippen molar-refractivity contribution in [3.8, 4) is 0 Å². The molecule has 2 aromatic rings. The van der Waals surface area contributed by atoms with Crippen molar-refractivity contribution in [1.29, 1.82) is 0 Å². The van der Waals surface area contributed by atoms with Crippen molar-refractivity contribution in [2.75, 3.05) is 17.2 Å². The van der Waals surface area contributed by atoms with Gasteiger partial charge < -0.3 is 20.7 Å². The molecule has 0 bridgehead atoms. The Morgan fingerprint density at radius 1 is 1.19 bits per heavy atom. The molecular weight excluding hydrogens is 370 g/mol. The standard InChI is InChI=1S/C17H27N5O4S/c1-2-3-4-5-6-7-27(25)8-11-13(23)14(24)17(26-11)22-10-21-12-15(18)19-9-20-16(12)22/h9-11,13-14,17,23-24H,2-8H2,1H3,(H2,18,19,20)/t11-,13-,14-,17-,27?/m1/s1. The first-order valence-electron chi connectivity index (χ1n) is 9.32. The second kappa shape index (κ2) is 9.05. The Balaban J connectivity index is 1.62. The monoisotopic (exact) mass is 397 g/mol. The number of aliphatic hydroxyl groups excluding tert-OH is 2. The largest absolute Gasteiger partial charge is 0.387 e. The number of fused-ring (bicyclic) bond motifs is 1. The summed E-state index contributed by atoms with van der Waals surface area (Å²) in [5.41, 5.74) is 6.60. The summed E-state index contributed by atoms with van der Waals surface area (Å²) in [7, 11) is -1.11. The highest BCUT2D eigenvalue weighted by Gasteiger charge is 2.44. The van der Waals surface area contributed by atoms with E-state index in [1.54, 1.807) is 0 Å². The van der Waals surface area contributed by atoms with Crippen molar-refractivity contribution < 1.29 is 19.2 Å². The minimum Gasteiger partial charge on any atom is -0.387 e. The van der Waals surface area contributed by atoms with Crippen LogP contribution in [-0.4, -0.2) is 63.8 Å². The Labute approximate surface area is 160 Å². The third kappa shape index (κ3) is 4.45. The van der Waals surface area contributed by atoms with E-state index in [1.165, 1.54) is 30.1 Å². The number of unbranched alkanes of at least 4 members (excludes halogenated alkanes) is 4. The van der Waals surface area contributed by atoms with E-state index >= 15 is 0 Å². The molecule has 0 radical (unpaired) electrons. The highest BCUT2D eigenvalue weighted by atomic mass is 32.2. The van der Waals surface area contributed by atoms with Gasteiger partial charge in [0.15, 0.2) is 17.7 Å². The van der Waals surface area contributed by atoms with Crippen LogP contribution in [0.15, 0.2) is 12.7 Å². The molecule has 1 fully saturated rings. The van der Waals surface area contributed by atoms with Crippen LogP contribution in [0.1, 0.15) is 45.3 Å². The maximum absolute atomic E-state index is 12.3. The van der Waals surface area contributed by atoms with Gasteiger partial charge in [-0.05, 0) is 6.42 Å². The van der Waals surface area contributed by atoms with Gasteiger partial charge >= 0.3 is 0 Å². The Morgan fingerprint density at radius 2 is 1.96 bits per heavy atom. The fourth-order valence-corrected chi connectivity index (χ4v) is 4.62. The molecule has 9 nitrogen and oxygen atoms in total. The number of nitrogens with zero attached hydrogens (tertiary/aromatic N) is 4. The highest BCUT2D eigenvalue weighted by Crippen LogP contribution is 2.32. The molecule has 0 aromatic carbocycles. The fourth-order valence-electron chi connectivity index (χ4n) is 3.29. The molecule has 1 saturated heterocycles. The lowest BCUT2D eigenvalue weighted by molar-refractivity contribution is -0.0290. The van der Waals surface area contributed by atoms with E-state index in [1.807, 2.05) is 0 Å². The first-order valence-corrected chi connectivity index (χ1v) is 10.8. The lowest BCUT2D eigenvalue weighted by Crippen LogP contribution is -2.34. The fraction of sp³-hybridized carbons (Fsp3) is 0.706.